The highest BCUT2D eigenvalue weighted by molar-refractivity contribution is 6.01. The van der Waals surface area contributed by atoms with Crippen LogP contribution in [0.5, 0.6) is 11.5 Å². The van der Waals surface area contributed by atoms with Gasteiger partial charge in [0.2, 0.25) is 0 Å². The molecule has 1 fully saturated rings. The monoisotopic (exact) mass is 606 g/mol. The molecule has 45 heavy (non-hydrogen) atoms. The molecule has 1 aliphatic heterocycles. The Morgan fingerprint density at radius 3 is 2.51 bits per heavy atom. The largest absolute Gasteiger partial charge is 0.457 e. The minimum atomic E-state index is -0.379. The number of para-hydroxylation sites is 1. The summed E-state index contributed by atoms with van der Waals surface area (Å²) in [4.78, 5) is 37.3. The molecule has 0 unspecified atom stereocenters. The molecular formula is C34H36N7O4+. The van der Waals surface area contributed by atoms with Crippen LogP contribution in [0.2, 0.25) is 0 Å². The third-order valence-electron chi connectivity index (χ3n) is 8.26. The lowest BCUT2D eigenvalue weighted by atomic mass is 10.2. The number of rotatable bonds is 9. The van der Waals surface area contributed by atoms with Gasteiger partial charge in [0.15, 0.2) is 11.5 Å². The lowest BCUT2D eigenvalue weighted by Crippen LogP contribution is -2.49. The number of fused-ring (bicyclic) bond motifs is 1. The number of imidazole rings is 1. The highest BCUT2D eigenvalue weighted by Crippen LogP contribution is 2.27. The molecular weight excluding hydrogens is 570 g/mol. The molecule has 3 heterocycles. The van der Waals surface area contributed by atoms with Crippen LogP contribution < -0.4 is 21.1 Å². The van der Waals surface area contributed by atoms with Gasteiger partial charge in [-0.25, -0.2) is 19.3 Å². The van der Waals surface area contributed by atoms with Gasteiger partial charge >= 0.3 is 5.69 Å². The molecule has 2 aromatic heterocycles. The Kier molecular flexibility index (Phi) is 8.20. The van der Waals surface area contributed by atoms with E-state index in [1.165, 1.54) is 15.5 Å². The van der Waals surface area contributed by atoms with E-state index in [0.29, 0.717) is 52.3 Å². The number of quaternary nitrogens is 1. The van der Waals surface area contributed by atoms with E-state index in [9.17, 15) is 9.59 Å². The predicted molar refractivity (Wildman–Crippen MR) is 174 cm³/mol. The molecule has 5 aromatic rings. The van der Waals surface area contributed by atoms with Crippen LogP contribution in [0.1, 0.15) is 6.42 Å². The standard InChI is InChI=1S/C34H36N7O4/c1-38(30(42)13-8-19-41(2,3)27-18-20-44-22-27)25-9-7-10-26(21-25)40-33-31(32(35)36-23-37-33)39(34(40)43)24-14-16-29(17-15-24)45-28-11-5-4-6-12-28/h4-17,21,23,27H,18-20,22H2,1-3H3,(H2,35,36,37)/q+1/b13-8+/t27-/m0/s1. The van der Waals surface area contributed by atoms with Crippen LogP contribution in [-0.2, 0) is 9.53 Å². The summed E-state index contributed by atoms with van der Waals surface area (Å²) in [5.74, 6) is 1.32. The summed E-state index contributed by atoms with van der Waals surface area (Å²) in [6.07, 6.45) is 5.85. The maximum Gasteiger partial charge on any atom is 0.339 e. The van der Waals surface area contributed by atoms with Gasteiger partial charge in [-0.05, 0) is 60.7 Å². The smallest absolute Gasteiger partial charge is 0.339 e. The molecule has 2 N–H and O–H groups in total. The Bertz CT molecular complexity index is 1910. The topological polar surface area (TPSA) is 118 Å². The summed E-state index contributed by atoms with van der Waals surface area (Å²) in [6.45, 7) is 2.23. The Morgan fingerprint density at radius 1 is 1.02 bits per heavy atom. The average molecular weight is 607 g/mol. The van der Waals surface area contributed by atoms with Crippen LogP contribution in [0.3, 0.4) is 0 Å². The summed E-state index contributed by atoms with van der Waals surface area (Å²) in [6, 6.07) is 24.2. The number of carbonyl (C=O) groups is 1. The fraction of sp³-hybridized carbons (Fsp3) is 0.235. The van der Waals surface area contributed by atoms with Gasteiger partial charge in [0, 0.05) is 25.2 Å². The Balaban J connectivity index is 1.29. The first-order valence-electron chi connectivity index (χ1n) is 14.8. The molecule has 0 bridgehead atoms. The number of anilines is 2. The second-order valence-corrected chi connectivity index (χ2v) is 11.6. The number of benzene rings is 3. The summed E-state index contributed by atoms with van der Waals surface area (Å²) >= 11 is 0. The van der Waals surface area contributed by atoms with E-state index in [2.05, 4.69) is 24.1 Å². The first-order chi connectivity index (χ1) is 21.7. The number of nitrogens with two attached hydrogens (primary N) is 1. The third-order valence-corrected chi connectivity index (χ3v) is 8.26. The Labute approximate surface area is 261 Å². The molecule has 0 saturated carbocycles. The molecule has 0 aliphatic carbocycles. The zero-order valence-corrected chi connectivity index (χ0v) is 25.5. The van der Waals surface area contributed by atoms with Gasteiger partial charge in [-0.2, -0.15) is 0 Å². The summed E-state index contributed by atoms with van der Waals surface area (Å²) in [7, 11) is 6.01. The molecule has 11 heteroatoms. The number of hydrogen-bond donors (Lipinski definition) is 1. The van der Waals surface area contributed by atoms with Crippen molar-refractivity contribution in [3.8, 4) is 22.9 Å². The molecule has 1 aliphatic rings. The summed E-state index contributed by atoms with van der Waals surface area (Å²) in [5.41, 5.74) is 8.38. The number of nitrogens with zero attached hydrogens (tertiary/aromatic N) is 6. The second-order valence-electron chi connectivity index (χ2n) is 11.6. The molecule has 0 radical (unpaired) electrons. The van der Waals surface area contributed by atoms with E-state index in [0.717, 1.165) is 24.1 Å². The van der Waals surface area contributed by atoms with Crippen LogP contribution in [0, 0.1) is 0 Å². The molecule has 0 spiro atoms. The molecule has 230 valence electrons. The first kappa shape index (κ1) is 29.8. The predicted octanol–water partition coefficient (Wildman–Crippen LogP) is 4.33. The summed E-state index contributed by atoms with van der Waals surface area (Å²) in [5, 5.41) is 0. The van der Waals surface area contributed by atoms with E-state index in [1.54, 1.807) is 60.5 Å². The van der Waals surface area contributed by atoms with Crippen LogP contribution in [-0.4, -0.2) is 76.4 Å². The van der Waals surface area contributed by atoms with Crippen molar-refractivity contribution >= 4 is 28.6 Å². The lowest BCUT2D eigenvalue weighted by Gasteiger charge is -2.34. The fourth-order valence-electron chi connectivity index (χ4n) is 5.53. The number of nitrogen functional groups attached to an aromatic ring is 1. The van der Waals surface area contributed by atoms with Gasteiger partial charge in [-0.3, -0.25) is 9.36 Å². The number of carbonyl (C=O) groups excluding carboxylic acids is 1. The van der Waals surface area contributed by atoms with Crippen molar-refractivity contribution in [3.63, 3.8) is 0 Å². The van der Waals surface area contributed by atoms with Crippen LogP contribution in [0.4, 0.5) is 11.5 Å². The van der Waals surface area contributed by atoms with Gasteiger partial charge in [-0.1, -0.05) is 24.3 Å². The van der Waals surface area contributed by atoms with E-state index >= 15 is 0 Å². The van der Waals surface area contributed by atoms with Gasteiger partial charge in [0.05, 0.1) is 45.2 Å². The molecule has 1 saturated heterocycles. The number of hydrogen-bond acceptors (Lipinski definition) is 7. The maximum absolute atomic E-state index is 14.0. The first-order valence-corrected chi connectivity index (χ1v) is 14.8. The summed E-state index contributed by atoms with van der Waals surface area (Å²) < 4.78 is 15.2. The second kappa shape index (κ2) is 12.4. The van der Waals surface area contributed by atoms with Crippen LogP contribution in [0.25, 0.3) is 22.5 Å². The number of aromatic nitrogens is 4. The van der Waals surface area contributed by atoms with Crippen molar-refractivity contribution in [2.75, 3.05) is 51.5 Å². The highest BCUT2D eigenvalue weighted by atomic mass is 16.5. The lowest BCUT2D eigenvalue weighted by molar-refractivity contribution is -0.907. The molecule has 3 aromatic carbocycles. The quantitative estimate of drug-likeness (QED) is 0.196. The maximum atomic E-state index is 14.0. The van der Waals surface area contributed by atoms with Crippen molar-refractivity contribution in [1.82, 2.24) is 19.1 Å². The van der Waals surface area contributed by atoms with Crippen LogP contribution in [0.15, 0.2) is 102 Å². The average Bonchev–Trinajstić information content (AvgIpc) is 3.69. The minimum absolute atomic E-state index is 0.166. The SMILES string of the molecule is CN(C(=O)/C=C/C[N+](C)(C)[C@H]1CCOC1)c1cccc(-n2c(=O)n(-c3ccc(Oc4ccccc4)cc3)c3c(N)ncnc32)c1. The van der Waals surface area contributed by atoms with E-state index in [-0.39, 0.29) is 17.4 Å². The van der Waals surface area contributed by atoms with Crippen LogP contribution >= 0.6 is 0 Å². The third kappa shape index (κ3) is 6.08. The van der Waals surface area contributed by atoms with E-state index in [4.69, 9.17) is 15.2 Å². The normalized spacial score (nSPS) is 15.1. The van der Waals surface area contributed by atoms with Crippen molar-refractivity contribution in [2.45, 2.75) is 12.5 Å². The van der Waals surface area contributed by atoms with Gasteiger partial charge in [0.1, 0.15) is 29.4 Å². The molecule has 1 amide bonds. The number of ether oxygens (including phenoxy) is 2. The van der Waals surface area contributed by atoms with Crippen molar-refractivity contribution in [3.05, 3.63) is 108 Å². The zero-order chi connectivity index (χ0) is 31.6. The van der Waals surface area contributed by atoms with Crippen molar-refractivity contribution in [2.24, 2.45) is 0 Å². The molecule has 11 nitrogen and oxygen atoms in total. The minimum Gasteiger partial charge on any atom is -0.457 e. The van der Waals surface area contributed by atoms with Gasteiger partial charge in [-0.15, -0.1) is 0 Å². The Morgan fingerprint density at radius 2 is 1.78 bits per heavy atom. The van der Waals surface area contributed by atoms with E-state index in [1.807, 2.05) is 42.5 Å². The fourth-order valence-corrected chi connectivity index (χ4v) is 5.53. The van der Waals surface area contributed by atoms with E-state index < -0.39 is 0 Å². The Hall–Kier alpha value is -5.26. The van der Waals surface area contributed by atoms with Crippen molar-refractivity contribution < 1.29 is 18.8 Å². The molecule has 6 rings (SSSR count). The van der Waals surface area contributed by atoms with Crippen molar-refractivity contribution in [1.29, 1.82) is 0 Å². The zero-order valence-electron chi connectivity index (χ0n) is 25.5. The number of amides is 1. The molecule has 1 atom stereocenters. The van der Waals surface area contributed by atoms with Gasteiger partial charge in [0.25, 0.3) is 5.91 Å². The van der Waals surface area contributed by atoms with Gasteiger partial charge < -0.3 is 24.6 Å². The number of likely N-dealkylation sites (N-methyl/N-ethyl adjacent to an activating group) is 2. The highest BCUT2D eigenvalue weighted by Gasteiger charge is 2.31.